The summed E-state index contributed by atoms with van der Waals surface area (Å²) in [4.78, 5) is 4.56. The molecule has 0 N–H and O–H groups in total. The number of fused-ring (bicyclic) bond motifs is 1. The largest absolute Gasteiger partial charge is 0.456 e. The zero-order valence-electron chi connectivity index (χ0n) is 18.0. The number of rotatable bonds is 4. The molecule has 0 atom stereocenters. The molecule has 156 valence electrons. The summed E-state index contributed by atoms with van der Waals surface area (Å²) in [5.74, 6) is 0.883. The lowest BCUT2D eigenvalue weighted by Crippen LogP contribution is -1.89. The maximum absolute atomic E-state index is 6.14. The summed E-state index contributed by atoms with van der Waals surface area (Å²) in [5.41, 5.74) is 8.75. The molecule has 2 nitrogen and oxygen atoms in total. The molecule has 33 heavy (non-hydrogen) atoms. The Hall–Kier alpha value is -4.43. The molecule has 0 saturated carbocycles. The van der Waals surface area contributed by atoms with Crippen LogP contribution in [-0.2, 0) is 0 Å². The van der Waals surface area contributed by atoms with Crippen molar-refractivity contribution in [1.82, 2.24) is 4.98 Å². The Morgan fingerprint density at radius 2 is 1.21 bits per heavy atom. The molecule has 6 rings (SSSR count). The van der Waals surface area contributed by atoms with E-state index in [2.05, 4.69) is 83.8 Å². The van der Waals surface area contributed by atoms with Crippen LogP contribution in [0.2, 0.25) is 0 Å². The van der Waals surface area contributed by atoms with Gasteiger partial charge in [0.15, 0.2) is 0 Å². The Balaban J connectivity index is 1.52. The van der Waals surface area contributed by atoms with Crippen LogP contribution < -0.4 is 0 Å². The van der Waals surface area contributed by atoms with Gasteiger partial charge in [-0.25, -0.2) is 0 Å². The number of hydrogen-bond donors (Lipinski definition) is 0. The van der Waals surface area contributed by atoms with E-state index in [0.29, 0.717) is 0 Å². The van der Waals surface area contributed by atoms with Gasteiger partial charge in [-0.1, -0.05) is 84.9 Å². The van der Waals surface area contributed by atoms with Crippen LogP contribution in [0.3, 0.4) is 0 Å². The highest BCUT2D eigenvalue weighted by atomic mass is 16.3. The molecule has 0 saturated heterocycles. The number of benzene rings is 4. The first-order chi connectivity index (χ1) is 16.3. The first-order valence-electron chi connectivity index (χ1n) is 11.1. The van der Waals surface area contributed by atoms with Crippen LogP contribution >= 0.6 is 0 Å². The summed E-state index contributed by atoms with van der Waals surface area (Å²) >= 11 is 0. The summed E-state index contributed by atoms with van der Waals surface area (Å²) in [6, 6.07) is 41.9. The van der Waals surface area contributed by atoms with Gasteiger partial charge in [0.25, 0.3) is 0 Å². The quantitative estimate of drug-likeness (QED) is 0.284. The second kappa shape index (κ2) is 8.25. The Morgan fingerprint density at radius 3 is 1.97 bits per heavy atom. The van der Waals surface area contributed by atoms with Gasteiger partial charge in [-0.15, -0.1) is 0 Å². The molecule has 2 heterocycles. The van der Waals surface area contributed by atoms with Crippen molar-refractivity contribution in [3.05, 3.63) is 128 Å². The minimum atomic E-state index is 0.883. The van der Waals surface area contributed by atoms with Gasteiger partial charge in [0, 0.05) is 22.7 Å². The fourth-order valence-corrected chi connectivity index (χ4v) is 4.30. The Kier molecular flexibility index (Phi) is 4.82. The summed E-state index contributed by atoms with van der Waals surface area (Å²) in [6.07, 6.45) is 1.84. The first kappa shape index (κ1) is 19.3. The summed E-state index contributed by atoms with van der Waals surface area (Å²) in [5, 5.41) is 1.09. The number of pyridine rings is 1. The molecule has 0 radical (unpaired) electrons. The van der Waals surface area contributed by atoms with Crippen molar-refractivity contribution in [1.29, 1.82) is 0 Å². The van der Waals surface area contributed by atoms with E-state index in [4.69, 9.17) is 4.42 Å². The van der Waals surface area contributed by atoms with Crippen LogP contribution in [-0.4, -0.2) is 4.98 Å². The molecular weight excluding hydrogens is 402 g/mol. The van der Waals surface area contributed by atoms with Gasteiger partial charge in [-0.3, -0.25) is 4.98 Å². The maximum atomic E-state index is 6.14. The van der Waals surface area contributed by atoms with E-state index >= 15 is 0 Å². The van der Waals surface area contributed by atoms with E-state index < -0.39 is 0 Å². The summed E-state index contributed by atoms with van der Waals surface area (Å²) in [7, 11) is 0. The van der Waals surface area contributed by atoms with E-state index in [1.54, 1.807) is 0 Å². The highest BCUT2D eigenvalue weighted by Crippen LogP contribution is 2.37. The Labute approximate surface area is 192 Å². The lowest BCUT2D eigenvalue weighted by atomic mass is 9.91. The highest BCUT2D eigenvalue weighted by molar-refractivity contribution is 5.92. The van der Waals surface area contributed by atoms with Crippen LogP contribution in [0.25, 0.3) is 55.8 Å². The average Bonchev–Trinajstić information content (AvgIpc) is 3.33. The lowest BCUT2D eigenvalue weighted by Gasteiger charge is -2.13. The van der Waals surface area contributed by atoms with E-state index in [1.165, 1.54) is 16.7 Å². The maximum Gasteiger partial charge on any atom is 0.135 e. The minimum Gasteiger partial charge on any atom is -0.456 e. The molecule has 0 unspecified atom stereocenters. The predicted octanol–water partition coefficient (Wildman–Crippen LogP) is 8.50. The van der Waals surface area contributed by atoms with Crippen molar-refractivity contribution in [2.24, 2.45) is 0 Å². The van der Waals surface area contributed by atoms with E-state index in [0.717, 1.165) is 39.1 Å². The molecule has 0 fully saturated rings. The van der Waals surface area contributed by atoms with Crippen molar-refractivity contribution >= 4 is 11.0 Å². The zero-order valence-corrected chi connectivity index (χ0v) is 18.0. The molecule has 0 aliphatic heterocycles. The predicted molar refractivity (Wildman–Crippen MR) is 136 cm³/mol. The number of furan rings is 1. The molecule has 0 aliphatic rings. The van der Waals surface area contributed by atoms with Gasteiger partial charge in [0.05, 0.1) is 5.69 Å². The first-order valence-corrected chi connectivity index (χ1v) is 11.1. The standard InChI is InChI=1S/C31H21NO/c1-3-9-22(10-4-1)27-16-14-25(29-13-7-8-18-32-29)20-28(27)24-15-17-30-26(19-24)21-31(33-30)23-11-5-2-6-12-23/h1-21H. The third-order valence-electron chi connectivity index (χ3n) is 5.95. The van der Waals surface area contributed by atoms with E-state index in [1.807, 2.05) is 48.7 Å². The second-order valence-corrected chi connectivity index (χ2v) is 8.07. The molecule has 6 aromatic rings. The monoisotopic (exact) mass is 423 g/mol. The molecule has 2 heteroatoms. The zero-order chi connectivity index (χ0) is 22.0. The molecule has 0 bridgehead atoms. The van der Waals surface area contributed by atoms with Crippen LogP contribution in [0.1, 0.15) is 0 Å². The van der Waals surface area contributed by atoms with Crippen molar-refractivity contribution in [3.8, 4) is 44.8 Å². The summed E-state index contributed by atoms with van der Waals surface area (Å²) in [6.45, 7) is 0. The molecule has 0 amide bonds. The van der Waals surface area contributed by atoms with Gasteiger partial charge in [-0.2, -0.15) is 0 Å². The lowest BCUT2D eigenvalue weighted by molar-refractivity contribution is 0.631. The third-order valence-corrected chi connectivity index (χ3v) is 5.95. The molecular formula is C31H21NO. The topological polar surface area (TPSA) is 26.0 Å². The molecule has 2 aromatic heterocycles. The fourth-order valence-electron chi connectivity index (χ4n) is 4.30. The highest BCUT2D eigenvalue weighted by Gasteiger charge is 2.13. The van der Waals surface area contributed by atoms with Crippen LogP contribution in [0.5, 0.6) is 0 Å². The van der Waals surface area contributed by atoms with Gasteiger partial charge in [-0.05, 0) is 58.7 Å². The van der Waals surface area contributed by atoms with Crippen molar-refractivity contribution in [2.75, 3.05) is 0 Å². The summed E-state index contributed by atoms with van der Waals surface area (Å²) < 4.78 is 6.14. The van der Waals surface area contributed by atoms with Crippen LogP contribution in [0, 0.1) is 0 Å². The van der Waals surface area contributed by atoms with Gasteiger partial charge in [0.1, 0.15) is 11.3 Å². The van der Waals surface area contributed by atoms with Gasteiger partial charge in [0.2, 0.25) is 0 Å². The minimum absolute atomic E-state index is 0.883. The Morgan fingerprint density at radius 1 is 0.485 bits per heavy atom. The van der Waals surface area contributed by atoms with Crippen molar-refractivity contribution < 1.29 is 4.42 Å². The number of nitrogens with zero attached hydrogens (tertiary/aromatic N) is 1. The van der Waals surface area contributed by atoms with E-state index in [-0.39, 0.29) is 0 Å². The number of aromatic nitrogens is 1. The smallest absolute Gasteiger partial charge is 0.135 e. The molecule has 0 spiro atoms. The van der Waals surface area contributed by atoms with Crippen molar-refractivity contribution in [2.45, 2.75) is 0 Å². The third kappa shape index (κ3) is 3.72. The molecule has 0 aliphatic carbocycles. The van der Waals surface area contributed by atoms with E-state index in [9.17, 15) is 0 Å². The molecule has 4 aromatic carbocycles. The average molecular weight is 424 g/mol. The Bertz CT molecular complexity index is 1530. The van der Waals surface area contributed by atoms with Crippen LogP contribution in [0.4, 0.5) is 0 Å². The van der Waals surface area contributed by atoms with Gasteiger partial charge >= 0.3 is 0 Å². The normalized spacial score (nSPS) is 11.0. The SMILES string of the molecule is c1ccc(-c2cc3cc(-c4cc(-c5ccccn5)ccc4-c4ccccc4)ccc3o2)cc1. The van der Waals surface area contributed by atoms with Crippen LogP contribution in [0.15, 0.2) is 132 Å². The second-order valence-electron chi connectivity index (χ2n) is 8.07. The van der Waals surface area contributed by atoms with Crippen molar-refractivity contribution in [3.63, 3.8) is 0 Å². The number of hydrogen-bond acceptors (Lipinski definition) is 2. The fraction of sp³-hybridized carbons (Fsp3) is 0. The van der Waals surface area contributed by atoms with Gasteiger partial charge < -0.3 is 4.42 Å².